The largest absolute Gasteiger partial charge is 0.310 e. The van der Waals surface area contributed by atoms with E-state index in [1.54, 1.807) is 27.6 Å². The van der Waals surface area contributed by atoms with Crippen molar-refractivity contribution < 1.29 is 4.79 Å². The van der Waals surface area contributed by atoms with E-state index in [0.717, 1.165) is 41.6 Å². The summed E-state index contributed by atoms with van der Waals surface area (Å²) in [6.07, 6.45) is 3.97. The smallest absolute Gasteiger partial charge is 0.263 e. The lowest BCUT2D eigenvalue weighted by molar-refractivity contribution is -0.113. The topological polar surface area (TPSA) is 81.8 Å². The van der Waals surface area contributed by atoms with Gasteiger partial charge in [-0.2, -0.15) is 5.10 Å². The first-order valence-corrected chi connectivity index (χ1v) is 11.3. The fraction of sp³-hybridized carbons (Fsp3) is 0.474. The summed E-state index contributed by atoms with van der Waals surface area (Å²) in [5.41, 5.74) is 2.08. The molecule has 7 nitrogen and oxygen atoms in total. The Kier molecular flexibility index (Phi) is 5.29. The van der Waals surface area contributed by atoms with Crippen molar-refractivity contribution in [2.75, 3.05) is 11.1 Å². The van der Waals surface area contributed by atoms with Crippen molar-refractivity contribution >= 4 is 45.0 Å². The molecule has 0 saturated carbocycles. The molecule has 0 radical (unpaired) electrons. The van der Waals surface area contributed by atoms with Crippen LogP contribution in [0.15, 0.2) is 16.0 Å². The normalized spacial score (nSPS) is 13.2. The van der Waals surface area contributed by atoms with Crippen molar-refractivity contribution in [3.05, 3.63) is 32.6 Å². The van der Waals surface area contributed by atoms with Crippen LogP contribution >= 0.6 is 23.1 Å². The number of hydrogen-bond donors (Lipinski definition) is 1. The van der Waals surface area contributed by atoms with Gasteiger partial charge in [0.25, 0.3) is 5.56 Å². The second kappa shape index (κ2) is 7.71. The van der Waals surface area contributed by atoms with Gasteiger partial charge in [0.2, 0.25) is 5.91 Å². The molecule has 0 aromatic carbocycles. The zero-order valence-corrected chi connectivity index (χ0v) is 17.9. The molecular weight excluding hydrogens is 394 g/mol. The van der Waals surface area contributed by atoms with Gasteiger partial charge in [-0.15, -0.1) is 11.3 Å². The van der Waals surface area contributed by atoms with E-state index in [1.807, 2.05) is 19.9 Å². The minimum atomic E-state index is -0.140. The van der Waals surface area contributed by atoms with Gasteiger partial charge < -0.3 is 5.32 Å². The van der Waals surface area contributed by atoms with Gasteiger partial charge in [0, 0.05) is 24.5 Å². The van der Waals surface area contributed by atoms with Crippen molar-refractivity contribution in [2.24, 2.45) is 7.05 Å². The molecule has 1 aliphatic rings. The van der Waals surface area contributed by atoms with Crippen molar-refractivity contribution in [3.8, 4) is 0 Å². The van der Waals surface area contributed by atoms with Gasteiger partial charge >= 0.3 is 0 Å². The summed E-state index contributed by atoms with van der Waals surface area (Å²) in [6.45, 7) is 4.53. The highest BCUT2D eigenvalue weighted by Crippen LogP contribution is 2.35. The van der Waals surface area contributed by atoms with Crippen molar-refractivity contribution in [3.63, 3.8) is 0 Å². The molecule has 3 heterocycles. The van der Waals surface area contributed by atoms with Gasteiger partial charge in [0.05, 0.1) is 16.8 Å². The first-order valence-electron chi connectivity index (χ1n) is 9.46. The molecule has 148 valence electrons. The van der Waals surface area contributed by atoms with Crippen LogP contribution in [0.2, 0.25) is 0 Å². The summed E-state index contributed by atoms with van der Waals surface area (Å²) in [5.74, 6) is 0.711. The number of amides is 1. The highest BCUT2D eigenvalue weighted by molar-refractivity contribution is 7.99. The quantitative estimate of drug-likeness (QED) is 0.492. The standard InChI is InChI=1S/C19H23N5O2S2/c1-4-8-24-18(26)16-12-6-5-7-13(12)28-17(16)21-19(24)27-10-15(25)20-14-9-11(2)22-23(14)3/h9H,4-8,10H2,1-3H3,(H,20,25). The average Bonchev–Trinajstić information content (AvgIpc) is 3.30. The number of fused-ring (bicyclic) bond motifs is 3. The van der Waals surface area contributed by atoms with Gasteiger partial charge in [0.15, 0.2) is 5.16 Å². The predicted octanol–water partition coefficient (Wildman–Crippen LogP) is 3.13. The molecule has 9 heteroatoms. The van der Waals surface area contributed by atoms with Gasteiger partial charge in [0.1, 0.15) is 10.6 Å². The molecule has 0 spiro atoms. The minimum absolute atomic E-state index is 0.0383. The lowest BCUT2D eigenvalue weighted by Gasteiger charge is -2.11. The van der Waals surface area contributed by atoms with Crippen molar-refractivity contribution in [2.45, 2.75) is 51.2 Å². The SMILES string of the molecule is CCCn1c(SCC(=O)Nc2cc(C)nn2C)nc2sc3c(c2c1=O)CCC3. The predicted molar refractivity (Wildman–Crippen MR) is 113 cm³/mol. The number of nitrogens with zero attached hydrogens (tertiary/aromatic N) is 4. The zero-order chi connectivity index (χ0) is 19.8. The van der Waals surface area contributed by atoms with Crippen LogP contribution in [-0.4, -0.2) is 31.0 Å². The maximum absolute atomic E-state index is 13.1. The lowest BCUT2D eigenvalue weighted by Crippen LogP contribution is -2.24. The Hall–Kier alpha value is -2.13. The Bertz CT molecular complexity index is 1110. The molecule has 0 unspecified atom stereocenters. The zero-order valence-electron chi connectivity index (χ0n) is 16.2. The Balaban J connectivity index is 1.59. The third kappa shape index (κ3) is 3.48. The number of carbonyl (C=O) groups is 1. The van der Waals surface area contributed by atoms with E-state index in [9.17, 15) is 9.59 Å². The number of thiophene rings is 1. The second-order valence-corrected chi connectivity index (χ2v) is 9.05. The molecule has 1 amide bonds. The number of aromatic nitrogens is 4. The van der Waals surface area contributed by atoms with E-state index in [-0.39, 0.29) is 17.2 Å². The van der Waals surface area contributed by atoms with E-state index < -0.39 is 0 Å². The summed E-state index contributed by atoms with van der Waals surface area (Å²) < 4.78 is 3.38. The van der Waals surface area contributed by atoms with Gasteiger partial charge in [-0.3, -0.25) is 18.8 Å². The summed E-state index contributed by atoms with van der Waals surface area (Å²) in [5, 5.41) is 8.51. The maximum Gasteiger partial charge on any atom is 0.263 e. The molecule has 3 aromatic heterocycles. The number of nitrogens with one attached hydrogen (secondary N) is 1. The highest BCUT2D eigenvalue weighted by atomic mass is 32.2. The summed E-state index contributed by atoms with van der Waals surface area (Å²) in [4.78, 5) is 32.4. The van der Waals surface area contributed by atoms with Gasteiger partial charge in [-0.05, 0) is 38.2 Å². The number of hydrogen-bond acceptors (Lipinski definition) is 6. The van der Waals surface area contributed by atoms with Crippen LogP contribution in [0.5, 0.6) is 0 Å². The first kappa shape index (κ1) is 19.2. The number of anilines is 1. The van der Waals surface area contributed by atoms with Gasteiger partial charge in [-0.1, -0.05) is 18.7 Å². The average molecular weight is 418 g/mol. The molecule has 0 bridgehead atoms. The monoisotopic (exact) mass is 417 g/mol. The molecule has 0 saturated heterocycles. The summed E-state index contributed by atoms with van der Waals surface area (Å²) in [6, 6.07) is 1.83. The third-order valence-electron chi connectivity index (χ3n) is 4.84. The van der Waals surface area contributed by atoms with Crippen molar-refractivity contribution in [1.29, 1.82) is 0 Å². The van der Waals surface area contributed by atoms with Crippen LogP contribution in [0.25, 0.3) is 10.2 Å². The van der Waals surface area contributed by atoms with E-state index in [4.69, 9.17) is 4.98 Å². The van der Waals surface area contributed by atoms with Crippen LogP contribution in [-0.2, 0) is 31.2 Å². The molecule has 1 aliphatic carbocycles. The lowest BCUT2D eigenvalue weighted by atomic mass is 10.2. The molecule has 1 N–H and O–H groups in total. The van der Waals surface area contributed by atoms with Crippen LogP contribution in [0, 0.1) is 6.92 Å². The highest BCUT2D eigenvalue weighted by Gasteiger charge is 2.23. The molecule has 4 rings (SSSR count). The Morgan fingerprint density at radius 1 is 1.39 bits per heavy atom. The molecular formula is C19H23N5O2S2. The number of aryl methyl sites for hydroxylation is 4. The fourth-order valence-corrected chi connectivity index (χ4v) is 5.75. The molecule has 0 fully saturated rings. The Morgan fingerprint density at radius 3 is 2.93 bits per heavy atom. The van der Waals surface area contributed by atoms with E-state index in [2.05, 4.69) is 10.4 Å². The number of thioether (sulfide) groups is 1. The van der Waals surface area contributed by atoms with Crippen LogP contribution < -0.4 is 10.9 Å². The van der Waals surface area contributed by atoms with Gasteiger partial charge in [-0.25, -0.2) is 4.98 Å². The third-order valence-corrected chi connectivity index (χ3v) is 7.00. The molecule has 0 atom stereocenters. The number of carbonyl (C=O) groups excluding carboxylic acids is 1. The van der Waals surface area contributed by atoms with E-state index >= 15 is 0 Å². The molecule has 3 aromatic rings. The maximum atomic E-state index is 13.1. The Labute approximate surface area is 171 Å². The van der Waals surface area contributed by atoms with E-state index in [0.29, 0.717) is 17.5 Å². The van der Waals surface area contributed by atoms with E-state index in [1.165, 1.54) is 22.2 Å². The molecule has 28 heavy (non-hydrogen) atoms. The summed E-state index contributed by atoms with van der Waals surface area (Å²) in [7, 11) is 1.79. The first-order chi connectivity index (χ1) is 13.5. The van der Waals surface area contributed by atoms with Crippen LogP contribution in [0.1, 0.15) is 35.9 Å². The molecule has 0 aliphatic heterocycles. The van der Waals surface area contributed by atoms with Crippen LogP contribution in [0.4, 0.5) is 5.82 Å². The second-order valence-electron chi connectivity index (χ2n) is 7.02. The van der Waals surface area contributed by atoms with Crippen molar-refractivity contribution in [1.82, 2.24) is 19.3 Å². The Morgan fingerprint density at radius 2 is 2.21 bits per heavy atom. The minimum Gasteiger partial charge on any atom is -0.310 e. The summed E-state index contributed by atoms with van der Waals surface area (Å²) >= 11 is 2.95. The fourth-order valence-electron chi connectivity index (χ4n) is 3.63. The number of rotatable bonds is 6. The van der Waals surface area contributed by atoms with Crippen LogP contribution in [0.3, 0.4) is 0 Å².